The molecule has 134 valence electrons. The van der Waals surface area contributed by atoms with Crippen LogP contribution in [-0.2, 0) is 7.05 Å². The monoisotopic (exact) mass is 355 g/mol. The van der Waals surface area contributed by atoms with Gasteiger partial charge in [-0.25, -0.2) is 4.99 Å². The molecular formula is C23H21N3O. The van der Waals surface area contributed by atoms with E-state index in [1.54, 1.807) is 17.7 Å². The van der Waals surface area contributed by atoms with Crippen LogP contribution in [0.4, 0.5) is 11.4 Å². The number of para-hydroxylation sites is 1. The number of aliphatic imine (C=N–C) groups is 1. The van der Waals surface area contributed by atoms with E-state index in [9.17, 15) is 4.79 Å². The fourth-order valence-corrected chi connectivity index (χ4v) is 3.51. The molecule has 0 radical (unpaired) electrons. The molecule has 1 aliphatic heterocycles. The summed E-state index contributed by atoms with van der Waals surface area (Å²) in [4.78, 5) is 18.8. The number of fused-ring (bicyclic) bond motifs is 1. The Morgan fingerprint density at radius 2 is 1.78 bits per heavy atom. The van der Waals surface area contributed by atoms with Gasteiger partial charge in [0.1, 0.15) is 5.84 Å². The lowest BCUT2D eigenvalue weighted by Crippen LogP contribution is -2.31. The van der Waals surface area contributed by atoms with Crippen LogP contribution < -0.4 is 10.5 Å². The molecule has 0 atom stereocenters. The Labute approximate surface area is 158 Å². The van der Waals surface area contributed by atoms with Gasteiger partial charge in [0.15, 0.2) is 0 Å². The SMILES string of the molecule is C=C1c2c(cccc2-c2ccc(=O)n(C)c2)N=C(CC)N1c1ccccc1. The minimum absolute atomic E-state index is 0.0282. The third-order valence-electron chi connectivity index (χ3n) is 4.84. The average Bonchev–Trinajstić information content (AvgIpc) is 2.70. The molecule has 27 heavy (non-hydrogen) atoms. The first-order valence-corrected chi connectivity index (χ1v) is 9.02. The zero-order valence-electron chi connectivity index (χ0n) is 15.5. The molecule has 0 spiro atoms. The molecule has 0 bridgehead atoms. The van der Waals surface area contributed by atoms with Crippen LogP contribution in [-0.4, -0.2) is 10.4 Å². The van der Waals surface area contributed by atoms with Crippen molar-refractivity contribution >= 4 is 22.9 Å². The molecule has 2 aromatic carbocycles. The molecule has 4 rings (SSSR count). The predicted octanol–water partition coefficient (Wildman–Crippen LogP) is 4.98. The van der Waals surface area contributed by atoms with Crippen LogP contribution in [0.5, 0.6) is 0 Å². The second kappa shape index (κ2) is 6.72. The highest BCUT2D eigenvalue weighted by molar-refractivity contribution is 6.14. The number of hydrogen-bond acceptors (Lipinski definition) is 3. The molecule has 0 N–H and O–H groups in total. The molecule has 0 fully saturated rings. The zero-order valence-corrected chi connectivity index (χ0v) is 15.5. The summed E-state index contributed by atoms with van der Waals surface area (Å²) in [7, 11) is 1.76. The average molecular weight is 355 g/mol. The van der Waals surface area contributed by atoms with Crippen LogP contribution >= 0.6 is 0 Å². The van der Waals surface area contributed by atoms with E-state index in [1.165, 1.54) is 0 Å². The zero-order chi connectivity index (χ0) is 19.0. The lowest BCUT2D eigenvalue weighted by Gasteiger charge is -2.33. The van der Waals surface area contributed by atoms with Crippen molar-refractivity contribution < 1.29 is 0 Å². The van der Waals surface area contributed by atoms with Crippen LogP contribution in [0, 0.1) is 0 Å². The van der Waals surface area contributed by atoms with Gasteiger partial charge >= 0.3 is 0 Å². The summed E-state index contributed by atoms with van der Waals surface area (Å²) < 4.78 is 1.59. The second-order valence-electron chi connectivity index (χ2n) is 6.57. The highest BCUT2D eigenvalue weighted by atomic mass is 16.1. The molecule has 1 aliphatic rings. The van der Waals surface area contributed by atoms with Gasteiger partial charge < -0.3 is 4.57 Å². The smallest absolute Gasteiger partial charge is 0.250 e. The van der Waals surface area contributed by atoms with Crippen molar-refractivity contribution in [1.82, 2.24) is 4.57 Å². The Kier molecular flexibility index (Phi) is 4.24. The maximum absolute atomic E-state index is 11.8. The van der Waals surface area contributed by atoms with Crippen LogP contribution in [0.2, 0.25) is 0 Å². The number of anilines is 1. The molecule has 3 aromatic rings. The van der Waals surface area contributed by atoms with Gasteiger partial charge in [-0.15, -0.1) is 0 Å². The number of nitrogens with zero attached hydrogens (tertiary/aromatic N) is 3. The minimum atomic E-state index is -0.0282. The van der Waals surface area contributed by atoms with Crippen molar-refractivity contribution in [3.63, 3.8) is 0 Å². The Morgan fingerprint density at radius 1 is 1.00 bits per heavy atom. The normalized spacial score (nSPS) is 13.3. The van der Waals surface area contributed by atoms with Crippen molar-refractivity contribution in [2.24, 2.45) is 12.0 Å². The predicted molar refractivity (Wildman–Crippen MR) is 112 cm³/mol. The first kappa shape index (κ1) is 17.0. The van der Waals surface area contributed by atoms with E-state index in [0.29, 0.717) is 0 Å². The fraction of sp³-hybridized carbons (Fsp3) is 0.130. The van der Waals surface area contributed by atoms with E-state index >= 15 is 0 Å². The highest BCUT2D eigenvalue weighted by Gasteiger charge is 2.26. The third-order valence-corrected chi connectivity index (χ3v) is 4.84. The van der Waals surface area contributed by atoms with Gasteiger partial charge in [-0.2, -0.15) is 0 Å². The van der Waals surface area contributed by atoms with Gasteiger partial charge in [-0.3, -0.25) is 9.69 Å². The van der Waals surface area contributed by atoms with Gasteiger partial charge in [-0.05, 0) is 35.4 Å². The van der Waals surface area contributed by atoms with E-state index in [1.807, 2.05) is 42.6 Å². The number of pyridine rings is 1. The van der Waals surface area contributed by atoms with Crippen molar-refractivity contribution in [2.75, 3.05) is 4.90 Å². The van der Waals surface area contributed by atoms with Crippen LogP contribution in [0.1, 0.15) is 18.9 Å². The van der Waals surface area contributed by atoms with Gasteiger partial charge in [-0.1, -0.05) is 43.8 Å². The number of benzene rings is 2. The molecule has 0 saturated carbocycles. The van der Waals surface area contributed by atoms with E-state index < -0.39 is 0 Å². The highest BCUT2D eigenvalue weighted by Crippen LogP contribution is 2.42. The molecular weight excluding hydrogens is 334 g/mol. The first-order valence-electron chi connectivity index (χ1n) is 9.02. The maximum atomic E-state index is 11.8. The number of amidine groups is 1. The molecule has 0 unspecified atom stereocenters. The topological polar surface area (TPSA) is 37.6 Å². The summed E-state index contributed by atoms with van der Waals surface area (Å²) in [5.41, 5.74) is 5.81. The number of aryl methyl sites for hydroxylation is 1. The van der Waals surface area contributed by atoms with Gasteiger partial charge in [0.25, 0.3) is 0 Å². The molecule has 0 aliphatic carbocycles. The lowest BCUT2D eigenvalue weighted by molar-refractivity contribution is 0.862. The molecule has 2 heterocycles. The van der Waals surface area contributed by atoms with Crippen molar-refractivity contribution in [3.05, 3.63) is 89.4 Å². The fourth-order valence-electron chi connectivity index (χ4n) is 3.51. The molecule has 0 amide bonds. The summed E-state index contributed by atoms with van der Waals surface area (Å²) in [6.07, 6.45) is 2.66. The van der Waals surface area contributed by atoms with E-state index in [2.05, 4.69) is 36.6 Å². The number of hydrogen-bond donors (Lipinski definition) is 0. The third kappa shape index (κ3) is 2.89. The largest absolute Gasteiger partial charge is 0.318 e. The maximum Gasteiger partial charge on any atom is 0.250 e. The van der Waals surface area contributed by atoms with Crippen molar-refractivity contribution in [2.45, 2.75) is 13.3 Å². The summed E-state index contributed by atoms with van der Waals surface area (Å²) in [6, 6.07) is 19.7. The minimum Gasteiger partial charge on any atom is -0.318 e. The Bertz CT molecular complexity index is 1110. The van der Waals surface area contributed by atoms with Crippen molar-refractivity contribution in [3.8, 4) is 11.1 Å². The Morgan fingerprint density at radius 3 is 2.48 bits per heavy atom. The summed E-state index contributed by atoms with van der Waals surface area (Å²) in [5.74, 6) is 0.969. The van der Waals surface area contributed by atoms with Gasteiger partial charge in [0, 0.05) is 37.0 Å². The van der Waals surface area contributed by atoms with Crippen LogP contribution in [0.15, 0.2) is 83.2 Å². The number of rotatable bonds is 3. The van der Waals surface area contributed by atoms with E-state index in [4.69, 9.17) is 4.99 Å². The summed E-state index contributed by atoms with van der Waals surface area (Å²) in [6.45, 7) is 6.52. The standard InChI is InChI=1S/C23H21N3O/c1-4-21-24-20-12-8-11-19(17-13-14-22(27)25(3)15-17)23(20)16(2)26(21)18-9-6-5-7-10-18/h5-15H,2,4H2,1,3H3. The van der Waals surface area contributed by atoms with Gasteiger partial charge in [0.05, 0.1) is 11.4 Å². The Balaban J connectivity index is 1.93. The summed E-state index contributed by atoms with van der Waals surface area (Å²) >= 11 is 0. The first-order chi connectivity index (χ1) is 13.1. The van der Waals surface area contributed by atoms with Crippen LogP contribution in [0.3, 0.4) is 0 Å². The molecule has 4 nitrogen and oxygen atoms in total. The Hall–Kier alpha value is -3.40. The lowest BCUT2D eigenvalue weighted by atomic mass is 9.95. The van der Waals surface area contributed by atoms with Gasteiger partial charge in [0.2, 0.25) is 5.56 Å². The quantitative estimate of drug-likeness (QED) is 0.664. The summed E-state index contributed by atoms with van der Waals surface area (Å²) in [5, 5.41) is 0. The molecule has 1 aromatic heterocycles. The van der Waals surface area contributed by atoms with Crippen molar-refractivity contribution in [1.29, 1.82) is 0 Å². The molecule has 0 saturated heterocycles. The van der Waals surface area contributed by atoms with Crippen LogP contribution in [0.25, 0.3) is 16.8 Å². The second-order valence-corrected chi connectivity index (χ2v) is 6.57. The van der Waals surface area contributed by atoms with E-state index in [0.717, 1.165) is 46.0 Å². The van der Waals surface area contributed by atoms with E-state index in [-0.39, 0.29) is 5.56 Å². The number of aromatic nitrogens is 1. The molecule has 4 heteroatoms.